The minimum atomic E-state index is 0.193. The van der Waals surface area contributed by atoms with Crippen LogP contribution in [0.3, 0.4) is 0 Å². The summed E-state index contributed by atoms with van der Waals surface area (Å²) in [4.78, 5) is 11.1. The number of hydrogen-bond donors (Lipinski definition) is 1. The Balaban J connectivity index is 2.02. The Kier molecular flexibility index (Phi) is 2.53. The summed E-state index contributed by atoms with van der Waals surface area (Å²) in [6.45, 7) is 2.13. The van der Waals surface area contributed by atoms with Gasteiger partial charge >= 0.3 is 0 Å². The molecule has 1 aliphatic rings. The molecule has 2 rings (SSSR count). The number of carbonyl (C=O) groups is 1. The molecule has 1 aromatic carbocycles. The Morgan fingerprint density at radius 1 is 1.36 bits per heavy atom. The Labute approximate surface area is 84.3 Å². The molecule has 2 atom stereocenters. The SMILES string of the molecule is C[C@H]1CC(=O)N[C@@H]1Cc1ccccc1. The van der Waals surface area contributed by atoms with Gasteiger partial charge in [-0.1, -0.05) is 37.3 Å². The largest absolute Gasteiger partial charge is 0.353 e. The van der Waals surface area contributed by atoms with Crippen LogP contribution in [0.25, 0.3) is 0 Å². The summed E-state index contributed by atoms with van der Waals surface area (Å²) in [7, 11) is 0. The molecule has 0 aromatic heterocycles. The maximum absolute atomic E-state index is 11.1. The highest BCUT2D eigenvalue weighted by molar-refractivity contribution is 5.79. The standard InChI is InChI=1S/C12H15NO/c1-9-7-12(14)13-11(9)8-10-5-3-2-4-6-10/h2-6,9,11H,7-8H2,1H3,(H,13,14)/t9-,11+/m0/s1. The molecule has 1 aromatic rings. The van der Waals surface area contributed by atoms with Gasteiger partial charge in [0, 0.05) is 12.5 Å². The fourth-order valence-corrected chi connectivity index (χ4v) is 1.96. The second kappa shape index (κ2) is 3.82. The van der Waals surface area contributed by atoms with Crippen LogP contribution in [0.15, 0.2) is 30.3 Å². The van der Waals surface area contributed by atoms with Crippen LogP contribution in [-0.2, 0) is 11.2 Å². The second-order valence-electron chi connectivity index (χ2n) is 4.05. The summed E-state index contributed by atoms with van der Waals surface area (Å²) in [6.07, 6.45) is 1.63. The van der Waals surface area contributed by atoms with Crippen molar-refractivity contribution in [1.82, 2.24) is 5.32 Å². The van der Waals surface area contributed by atoms with Gasteiger partial charge in [0.25, 0.3) is 0 Å². The van der Waals surface area contributed by atoms with E-state index in [1.807, 2.05) is 18.2 Å². The number of nitrogens with one attached hydrogen (secondary N) is 1. The van der Waals surface area contributed by atoms with Gasteiger partial charge in [-0.05, 0) is 17.9 Å². The van der Waals surface area contributed by atoms with Gasteiger partial charge in [0.1, 0.15) is 0 Å². The van der Waals surface area contributed by atoms with Crippen molar-refractivity contribution in [2.75, 3.05) is 0 Å². The zero-order valence-electron chi connectivity index (χ0n) is 8.36. The summed E-state index contributed by atoms with van der Waals surface area (Å²) >= 11 is 0. The van der Waals surface area contributed by atoms with Gasteiger partial charge in [0.05, 0.1) is 0 Å². The number of hydrogen-bond acceptors (Lipinski definition) is 1. The van der Waals surface area contributed by atoms with Gasteiger partial charge in [-0.2, -0.15) is 0 Å². The molecule has 74 valence electrons. The lowest BCUT2D eigenvalue weighted by atomic mass is 9.96. The first kappa shape index (κ1) is 9.25. The third-order valence-corrected chi connectivity index (χ3v) is 2.84. The molecule has 1 heterocycles. The lowest BCUT2D eigenvalue weighted by Gasteiger charge is -2.14. The summed E-state index contributed by atoms with van der Waals surface area (Å²) < 4.78 is 0. The zero-order valence-corrected chi connectivity index (χ0v) is 8.36. The molecule has 0 bridgehead atoms. The summed E-state index contributed by atoms with van der Waals surface area (Å²) in [5.41, 5.74) is 1.30. The van der Waals surface area contributed by atoms with Gasteiger partial charge in [-0.25, -0.2) is 0 Å². The highest BCUT2D eigenvalue weighted by Crippen LogP contribution is 2.19. The molecule has 0 spiro atoms. The number of amides is 1. The molecule has 0 radical (unpaired) electrons. The van der Waals surface area contributed by atoms with E-state index in [0.717, 1.165) is 6.42 Å². The van der Waals surface area contributed by atoms with Crippen LogP contribution in [0.4, 0.5) is 0 Å². The van der Waals surface area contributed by atoms with Crippen LogP contribution in [0.1, 0.15) is 18.9 Å². The van der Waals surface area contributed by atoms with Crippen LogP contribution >= 0.6 is 0 Å². The third-order valence-electron chi connectivity index (χ3n) is 2.84. The van der Waals surface area contributed by atoms with Crippen molar-refractivity contribution < 1.29 is 4.79 Å². The van der Waals surface area contributed by atoms with Crippen molar-refractivity contribution in [3.8, 4) is 0 Å². The summed E-state index contributed by atoms with van der Waals surface area (Å²) in [6, 6.07) is 10.6. The van der Waals surface area contributed by atoms with Gasteiger partial charge in [0.2, 0.25) is 5.91 Å². The monoisotopic (exact) mass is 189 g/mol. The zero-order chi connectivity index (χ0) is 9.97. The summed E-state index contributed by atoms with van der Waals surface area (Å²) in [5.74, 6) is 0.654. The molecule has 1 amide bonds. The first-order valence-corrected chi connectivity index (χ1v) is 5.09. The maximum atomic E-state index is 11.1. The number of carbonyl (C=O) groups excluding carboxylic acids is 1. The Bertz CT molecular complexity index is 320. The Hall–Kier alpha value is -1.31. The highest BCUT2D eigenvalue weighted by Gasteiger charge is 2.28. The van der Waals surface area contributed by atoms with Crippen LogP contribution in [-0.4, -0.2) is 11.9 Å². The molecule has 1 N–H and O–H groups in total. The molecule has 0 unspecified atom stereocenters. The van der Waals surface area contributed by atoms with Crippen molar-refractivity contribution in [2.45, 2.75) is 25.8 Å². The van der Waals surface area contributed by atoms with Crippen molar-refractivity contribution in [1.29, 1.82) is 0 Å². The quantitative estimate of drug-likeness (QED) is 0.754. The van der Waals surface area contributed by atoms with E-state index in [-0.39, 0.29) is 5.91 Å². The average Bonchev–Trinajstić information content (AvgIpc) is 2.47. The maximum Gasteiger partial charge on any atom is 0.220 e. The first-order chi connectivity index (χ1) is 6.75. The molecule has 0 aliphatic carbocycles. The predicted molar refractivity (Wildman–Crippen MR) is 55.9 cm³/mol. The lowest BCUT2D eigenvalue weighted by Crippen LogP contribution is -2.30. The Morgan fingerprint density at radius 2 is 2.07 bits per heavy atom. The van der Waals surface area contributed by atoms with Crippen LogP contribution < -0.4 is 5.32 Å². The van der Waals surface area contributed by atoms with Crippen molar-refractivity contribution in [3.05, 3.63) is 35.9 Å². The molecule has 1 saturated heterocycles. The van der Waals surface area contributed by atoms with Gasteiger partial charge in [-0.3, -0.25) is 4.79 Å². The highest BCUT2D eigenvalue weighted by atomic mass is 16.1. The fraction of sp³-hybridized carbons (Fsp3) is 0.417. The van der Waals surface area contributed by atoms with E-state index < -0.39 is 0 Å². The van der Waals surface area contributed by atoms with E-state index in [0.29, 0.717) is 18.4 Å². The molecule has 14 heavy (non-hydrogen) atoms. The third kappa shape index (κ3) is 1.95. The van der Waals surface area contributed by atoms with Gasteiger partial charge in [-0.15, -0.1) is 0 Å². The second-order valence-corrected chi connectivity index (χ2v) is 4.05. The van der Waals surface area contributed by atoms with E-state index in [1.165, 1.54) is 5.56 Å². The smallest absolute Gasteiger partial charge is 0.220 e. The molecular formula is C12H15NO. The molecule has 2 heteroatoms. The van der Waals surface area contributed by atoms with Gasteiger partial charge in [0.15, 0.2) is 0 Å². The van der Waals surface area contributed by atoms with Gasteiger partial charge < -0.3 is 5.32 Å². The minimum absolute atomic E-state index is 0.193. The van der Waals surface area contributed by atoms with Crippen LogP contribution in [0.5, 0.6) is 0 Å². The molecule has 0 saturated carbocycles. The number of rotatable bonds is 2. The Morgan fingerprint density at radius 3 is 2.64 bits per heavy atom. The summed E-state index contributed by atoms with van der Waals surface area (Å²) in [5, 5.41) is 3.01. The normalized spacial score (nSPS) is 26.2. The minimum Gasteiger partial charge on any atom is -0.353 e. The topological polar surface area (TPSA) is 29.1 Å². The van der Waals surface area contributed by atoms with Crippen molar-refractivity contribution in [3.63, 3.8) is 0 Å². The molecule has 1 fully saturated rings. The van der Waals surface area contributed by atoms with Crippen LogP contribution in [0.2, 0.25) is 0 Å². The van der Waals surface area contributed by atoms with Crippen molar-refractivity contribution in [2.24, 2.45) is 5.92 Å². The molecule has 1 aliphatic heterocycles. The van der Waals surface area contributed by atoms with E-state index in [9.17, 15) is 4.79 Å². The number of benzene rings is 1. The lowest BCUT2D eigenvalue weighted by molar-refractivity contribution is -0.119. The van der Waals surface area contributed by atoms with E-state index >= 15 is 0 Å². The molecular weight excluding hydrogens is 174 g/mol. The first-order valence-electron chi connectivity index (χ1n) is 5.09. The average molecular weight is 189 g/mol. The van der Waals surface area contributed by atoms with Crippen LogP contribution in [0, 0.1) is 5.92 Å². The van der Waals surface area contributed by atoms with E-state index in [4.69, 9.17) is 0 Å². The molecule has 2 nitrogen and oxygen atoms in total. The van der Waals surface area contributed by atoms with E-state index in [1.54, 1.807) is 0 Å². The van der Waals surface area contributed by atoms with Crippen molar-refractivity contribution >= 4 is 5.91 Å². The van der Waals surface area contributed by atoms with E-state index in [2.05, 4.69) is 24.4 Å². The predicted octanol–water partition coefficient (Wildman–Crippen LogP) is 1.75. The fourth-order valence-electron chi connectivity index (χ4n) is 1.96.